The van der Waals surface area contributed by atoms with Gasteiger partial charge in [-0.3, -0.25) is 4.98 Å². The Bertz CT molecular complexity index is 835. The molecule has 0 bridgehead atoms. The minimum atomic E-state index is -3.60. The van der Waals surface area contributed by atoms with E-state index in [4.69, 9.17) is 5.26 Å². The normalized spacial score (nSPS) is 12.5. The van der Waals surface area contributed by atoms with Gasteiger partial charge in [0.15, 0.2) is 0 Å². The van der Waals surface area contributed by atoms with Gasteiger partial charge in [0.05, 0.1) is 11.6 Å². The number of aromatic nitrogens is 1. The largest absolute Gasteiger partial charge is 0.309 e. The lowest BCUT2D eigenvalue weighted by molar-refractivity contribution is 0.524. The molecule has 0 aliphatic rings. The van der Waals surface area contributed by atoms with Crippen LogP contribution in [0.1, 0.15) is 24.1 Å². The predicted molar refractivity (Wildman–Crippen MR) is 87.0 cm³/mol. The number of halogens is 1. The van der Waals surface area contributed by atoms with E-state index >= 15 is 0 Å². The second-order valence-corrected chi connectivity index (χ2v) is 6.88. The average Bonchev–Trinajstić information content (AvgIpc) is 2.59. The summed E-state index contributed by atoms with van der Waals surface area (Å²) in [6, 6.07) is 8.83. The lowest BCUT2D eigenvalue weighted by atomic mass is 10.1. The molecule has 0 saturated heterocycles. The molecular weight excluding hydrogens is 331 g/mol. The van der Waals surface area contributed by atoms with Crippen molar-refractivity contribution in [2.45, 2.75) is 17.9 Å². The molecule has 126 valence electrons. The molecule has 0 unspecified atom stereocenters. The van der Waals surface area contributed by atoms with Gasteiger partial charge in [0.2, 0.25) is 10.0 Å². The third kappa shape index (κ3) is 4.58. The summed E-state index contributed by atoms with van der Waals surface area (Å²) in [4.78, 5) is 3.87. The van der Waals surface area contributed by atoms with Crippen molar-refractivity contribution in [3.63, 3.8) is 0 Å². The third-order valence-electron chi connectivity index (χ3n) is 3.41. The van der Waals surface area contributed by atoms with Crippen molar-refractivity contribution in [1.82, 2.24) is 15.0 Å². The molecular formula is C16H17FN4O2S. The molecule has 8 heteroatoms. The van der Waals surface area contributed by atoms with Crippen molar-refractivity contribution < 1.29 is 12.8 Å². The topological polar surface area (TPSA) is 94.9 Å². The van der Waals surface area contributed by atoms with Crippen molar-refractivity contribution in [1.29, 1.82) is 5.26 Å². The fraction of sp³-hybridized carbons (Fsp3) is 0.250. The molecule has 0 aliphatic carbocycles. The minimum absolute atomic E-state index is 0.0937. The average molecular weight is 348 g/mol. The van der Waals surface area contributed by atoms with Gasteiger partial charge < -0.3 is 5.32 Å². The SMILES string of the molecule is C[C@@H](NCCNS(=O)(=O)c1cccnc1)c1ccc(C#N)cc1F. The van der Waals surface area contributed by atoms with Crippen molar-refractivity contribution in [3.05, 3.63) is 59.7 Å². The zero-order chi connectivity index (χ0) is 17.6. The Morgan fingerprint density at radius 3 is 2.75 bits per heavy atom. The fourth-order valence-corrected chi connectivity index (χ4v) is 3.12. The molecule has 1 aromatic heterocycles. The molecule has 6 nitrogen and oxygen atoms in total. The van der Waals surface area contributed by atoms with Gasteiger partial charge in [-0.05, 0) is 31.2 Å². The zero-order valence-corrected chi connectivity index (χ0v) is 13.8. The number of hydrogen-bond acceptors (Lipinski definition) is 5. The number of nitrogens with one attached hydrogen (secondary N) is 2. The van der Waals surface area contributed by atoms with Crippen LogP contribution in [-0.2, 0) is 10.0 Å². The van der Waals surface area contributed by atoms with Gasteiger partial charge in [0.25, 0.3) is 0 Å². The quantitative estimate of drug-likeness (QED) is 0.743. The predicted octanol–water partition coefficient (Wildman–Crippen LogP) is 1.72. The fourth-order valence-electron chi connectivity index (χ4n) is 2.12. The van der Waals surface area contributed by atoms with Crippen LogP contribution in [0.4, 0.5) is 4.39 Å². The van der Waals surface area contributed by atoms with E-state index in [1.807, 2.05) is 6.07 Å². The molecule has 0 spiro atoms. The summed E-state index contributed by atoms with van der Waals surface area (Å²) in [6.45, 7) is 2.24. The first kappa shape index (κ1) is 18.0. The molecule has 1 aromatic carbocycles. The number of hydrogen-bond donors (Lipinski definition) is 2. The highest BCUT2D eigenvalue weighted by atomic mass is 32.2. The molecule has 0 fully saturated rings. The lowest BCUT2D eigenvalue weighted by Crippen LogP contribution is -2.33. The summed E-state index contributed by atoms with van der Waals surface area (Å²) in [5.41, 5.74) is 0.678. The van der Waals surface area contributed by atoms with Crippen LogP contribution in [-0.4, -0.2) is 26.5 Å². The van der Waals surface area contributed by atoms with Crippen LogP contribution >= 0.6 is 0 Å². The number of nitriles is 1. The van der Waals surface area contributed by atoms with Crippen LogP contribution in [0.15, 0.2) is 47.6 Å². The van der Waals surface area contributed by atoms with Gasteiger partial charge >= 0.3 is 0 Å². The second-order valence-electron chi connectivity index (χ2n) is 5.11. The van der Waals surface area contributed by atoms with Crippen molar-refractivity contribution >= 4 is 10.0 Å². The molecule has 24 heavy (non-hydrogen) atoms. The van der Waals surface area contributed by atoms with E-state index in [0.717, 1.165) is 0 Å². The van der Waals surface area contributed by atoms with E-state index in [1.54, 1.807) is 25.1 Å². The first-order chi connectivity index (χ1) is 11.4. The number of sulfonamides is 1. The molecule has 1 heterocycles. The summed E-state index contributed by atoms with van der Waals surface area (Å²) in [6.07, 6.45) is 2.76. The molecule has 1 atom stereocenters. The zero-order valence-electron chi connectivity index (χ0n) is 13.0. The highest BCUT2D eigenvalue weighted by molar-refractivity contribution is 7.89. The summed E-state index contributed by atoms with van der Waals surface area (Å²) in [7, 11) is -3.60. The van der Waals surface area contributed by atoms with Gasteiger partial charge in [0.1, 0.15) is 10.7 Å². The summed E-state index contributed by atoms with van der Waals surface area (Å²) >= 11 is 0. The molecule has 0 saturated carbocycles. The van der Waals surface area contributed by atoms with Gasteiger partial charge in [-0.25, -0.2) is 17.5 Å². The number of nitrogens with zero attached hydrogens (tertiary/aromatic N) is 2. The third-order valence-corrected chi connectivity index (χ3v) is 4.85. The maximum Gasteiger partial charge on any atom is 0.242 e. The maximum atomic E-state index is 13.9. The van der Waals surface area contributed by atoms with Crippen LogP contribution in [0.5, 0.6) is 0 Å². The Hall–Kier alpha value is -2.34. The Morgan fingerprint density at radius 2 is 2.12 bits per heavy atom. The van der Waals surface area contributed by atoms with E-state index in [1.165, 1.54) is 24.5 Å². The number of benzene rings is 1. The molecule has 0 radical (unpaired) electrons. The lowest BCUT2D eigenvalue weighted by Gasteiger charge is -2.15. The Kier molecular flexibility index (Phi) is 5.98. The second kappa shape index (κ2) is 7.97. The highest BCUT2D eigenvalue weighted by Gasteiger charge is 2.14. The van der Waals surface area contributed by atoms with Gasteiger partial charge in [-0.1, -0.05) is 6.07 Å². The smallest absolute Gasteiger partial charge is 0.242 e. The molecule has 2 aromatic rings. The van der Waals surface area contributed by atoms with Gasteiger partial charge in [-0.2, -0.15) is 5.26 Å². The van der Waals surface area contributed by atoms with Crippen LogP contribution in [0.3, 0.4) is 0 Å². The standard InChI is InChI=1S/C16H17FN4O2S/c1-12(15-5-4-13(10-18)9-16(15)17)20-7-8-21-24(22,23)14-3-2-6-19-11-14/h2-6,9,11-12,20-21H,7-8H2,1H3/t12-/m1/s1. The van der Waals surface area contributed by atoms with E-state index in [-0.39, 0.29) is 23.0 Å². The summed E-state index contributed by atoms with van der Waals surface area (Å²) in [5, 5.41) is 11.8. The van der Waals surface area contributed by atoms with Crippen molar-refractivity contribution in [2.24, 2.45) is 0 Å². The van der Waals surface area contributed by atoms with Crippen LogP contribution in [0, 0.1) is 17.1 Å². The van der Waals surface area contributed by atoms with Crippen LogP contribution < -0.4 is 10.0 Å². The van der Waals surface area contributed by atoms with E-state index < -0.39 is 15.8 Å². The number of rotatable bonds is 7. The molecule has 0 amide bonds. The first-order valence-corrected chi connectivity index (χ1v) is 8.75. The van der Waals surface area contributed by atoms with E-state index in [0.29, 0.717) is 12.1 Å². The Balaban J connectivity index is 1.87. The first-order valence-electron chi connectivity index (χ1n) is 7.26. The van der Waals surface area contributed by atoms with Crippen LogP contribution in [0.25, 0.3) is 0 Å². The number of pyridine rings is 1. The highest BCUT2D eigenvalue weighted by Crippen LogP contribution is 2.17. The molecule has 2 N–H and O–H groups in total. The van der Waals surface area contributed by atoms with Crippen molar-refractivity contribution in [2.75, 3.05) is 13.1 Å². The Morgan fingerprint density at radius 1 is 1.33 bits per heavy atom. The minimum Gasteiger partial charge on any atom is -0.309 e. The van der Waals surface area contributed by atoms with Crippen LogP contribution in [0.2, 0.25) is 0 Å². The van der Waals surface area contributed by atoms with Gasteiger partial charge in [-0.15, -0.1) is 0 Å². The molecule has 0 aliphatic heterocycles. The summed E-state index contributed by atoms with van der Waals surface area (Å²) < 4.78 is 40.3. The molecule has 2 rings (SSSR count). The van der Waals surface area contributed by atoms with E-state index in [2.05, 4.69) is 15.0 Å². The maximum absolute atomic E-state index is 13.9. The van der Waals surface area contributed by atoms with Crippen molar-refractivity contribution in [3.8, 4) is 6.07 Å². The van der Waals surface area contributed by atoms with E-state index in [9.17, 15) is 12.8 Å². The monoisotopic (exact) mass is 348 g/mol. The Labute approximate surface area is 140 Å². The summed E-state index contributed by atoms with van der Waals surface area (Å²) in [5.74, 6) is -0.468. The van der Waals surface area contributed by atoms with Gasteiger partial charge in [0, 0.05) is 37.1 Å².